The van der Waals surface area contributed by atoms with Crippen molar-refractivity contribution in [3.8, 4) is 11.5 Å². The highest BCUT2D eigenvalue weighted by Gasteiger charge is 2.12. The van der Waals surface area contributed by atoms with Crippen LogP contribution in [0.25, 0.3) is 10.9 Å². The van der Waals surface area contributed by atoms with Gasteiger partial charge in [-0.1, -0.05) is 48.0 Å². The summed E-state index contributed by atoms with van der Waals surface area (Å²) in [6.45, 7) is 0.413. The number of hydrogen-bond acceptors (Lipinski definition) is 6. The van der Waals surface area contributed by atoms with Crippen molar-refractivity contribution in [3.05, 3.63) is 108 Å². The molecule has 38 heavy (non-hydrogen) atoms. The van der Waals surface area contributed by atoms with Crippen molar-refractivity contribution in [1.29, 1.82) is 0 Å². The highest BCUT2D eigenvalue weighted by Crippen LogP contribution is 2.35. The molecule has 0 aliphatic carbocycles. The molecule has 0 spiro atoms. The Morgan fingerprint density at radius 1 is 0.816 bits per heavy atom. The van der Waals surface area contributed by atoms with Crippen LogP contribution in [0, 0.1) is 0 Å². The van der Waals surface area contributed by atoms with Crippen molar-refractivity contribution >= 4 is 51.4 Å². The summed E-state index contributed by atoms with van der Waals surface area (Å²) < 4.78 is 11.6. The van der Waals surface area contributed by atoms with Crippen LogP contribution in [0.1, 0.15) is 5.56 Å². The summed E-state index contributed by atoms with van der Waals surface area (Å²) in [4.78, 5) is 21.1. The molecule has 3 N–H and O–H groups in total. The lowest BCUT2D eigenvalue weighted by Gasteiger charge is -2.14. The van der Waals surface area contributed by atoms with Crippen LogP contribution in [0.4, 0.5) is 27.7 Å². The van der Waals surface area contributed by atoms with Gasteiger partial charge in [-0.2, -0.15) is 0 Å². The summed E-state index contributed by atoms with van der Waals surface area (Å²) in [5.41, 5.74) is 3.79. The summed E-state index contributed by atoms with van der Waals surface area (Å²) in [6.07, 6.45) is 1.49. The Morgan fingerprint density at radius 3 is 2.34 bits per heavy atom. The molecule has 0 unspecified atom stereocenters. The normalized spacial score (nSPS) is 10.6. The molecule has 0 saturated heterocycles. The van der Waals surface area contributed by atoms with E-state index in [1.165, 1.54) is 6.33 Å². The number of urea groups is 1. The van der Waals surface area contributed by atoms with Crippen LogP contribution in [-0.4, -0.2) is 23.1 Å². The maximum atomic E-state index is 12.3. The van der Waals surface area contributed by atoms with Crippen LogP contribution in [-0.2, 0) is 6.61 Å². The second-order valence-corrected chi connectivity index (χ2v) is 8.75. The number of benzene rings is 4. The Hall–Kier alpha value is -4.82. The third-order valence-corrected chi connectivity index (χ3v) is 5.88. The van der Waals surface area contributed by atoms with Crippen LogP contribution < -0.4 is 25.4 Å². The molecule has 0 aliphatic heterocycles. The minimum absolute atomic E-state index is 0.368. The van der Waals surface area contributed by atoms with E-state index in [9.17, 15) is 4.79 Å². The van der Waals surface area contributed by atoms with Gasteiger partial charge >= 0.3 is 6.03 Å². The first-order valence-corrected chi connectivity index (χ1v) is 12.2. The van der Waals surface area contributed by atoms with E-state index in [0.717, 1.165) is 16.6 Å². The van der Waals surface area contributed by atoms with Gasteiger partial charge in [0.25, 0.3) is 0 Å². The fourth-order valence-electron chi connectivity index (χ4n) is 3.80. The van der Waals surface area contributed by atoms with Crippen molar-refractivity contribution in [2.75, 3.05) is 23.1 Å². The predicted molar refractivity (Wildman–Crippen MR) is 151 cm³/mol. The smallest absolute Gasteiger partial charge is 0.323 e. The zero-order valence-corrected chi connectivity index (χ0v) is 21.2. The Balaban J connectivity index is 1.28. The molecular weight excluding hydrogens is 502 g/mol. The average molecular weight is 526 g/mol. The molecule has 4 aromatic carbocycles. The molecule has 1 aromatic heterocycles. The number of aromatic nitrogens is 2. The molecule has 0 aliphatic rings. The van der Waals surface area contributed by atoms with Crippen molar-refractivity contribution in [1.82, 2.24) is 9.97 Å². The van der Waals surface area contributed by atoms with E-state index in [0.29, 0.717) is 45.8 Å². The highest BCUT2D eigenvalue weighted by atomic mass is 35.5. The number of rotatable bonds is 8. The molecule has 0 atom stereocenters. The number of carbonyl (C=O) groups excluding carboxylic acids is 1. The second kappa shape index (κ2) is 11.5. The summed E-state index contributed by atoms with van der Waals surface area (Å²) in [7, 11) is 1.60. The van der Waals surface area contributed by atoms with Crippen LogP contribution in [0.3, 0.4) is 0 Å². The first-order chi connectivity index (χ1) is 18.6. The van der Waals surface area contributed by atoms with E-state index >= 15 is 0 Å². The molecule has 190 valence electrons. The van der Waals surface area contributed by atoms with Gasteiger partial charge in [-0.3, -0.25) is 0 Å². The van der Waals surface area contributed by atoms with E-state index in [1.54, 1.807) is 43.5 Å². The third kappa shape index (κ3) is 6.11. The number of hydrogen-bond donors (Lipinski definition) is 3. The molecule has 9 heteroatoms. The summed E-state index contributed by atoms with van der Waals surface area (Å²) >= 11 is 5.97. The van der Waals surface area contributed by atoms with Gasteiger partial charge in [-0.25, -0.2) is 14.8 Å². The van der Waals surface area contributed by atoms with Crippen LogP contribution in [0.5, 0.6) is 11.5 Å². The first kappa shape index (κ1) is 24.9. The van der Waals surface area contributed by atoms with Gasteiger partial charge in [0.05, 0.1) is 12.6 Å². The van der Waals surface area contributed by atoms with E-state index in [2.05, 4.69) is 25.9 Å². The van der Waals surface area contributed by atoms with Gasteiger partial charge in [0.1, 0.15) is 18.8 Å². The maximum Gasteiger partial charge on any atom is 0.323 e. The lowest BCUT2D eigenvalue weighted by atomic mass is 10.2. The molecule has 0 radical (unpaired) electrons. The third-order valence-electron chi connectivity index (χ3n) is 5.65. The number of anilines is 4. The van der Waals surface area contributed by atoms with Crippen LogP contribution >= 0.6 is 11.6 Å². The highest BCUT2D eigenvalue weighted by molar-refractivity contribution is 6.30. The van der Waals surface area contributed by atoms with E-state index in [4.69, 9.17) is 21.1 Å². The Morgan fingerprint density at radius 2 is 1.58 bits per heavy atom. The van der Waals surface area contributed by atoms with E-state index in [1.807, 2.05) is 54.6 Å². The van der Waals surface area contributed by atoms with Gasteiger partial charge in [-0.15, -0.1) is 0 Å². The van der Waals surface area contributed by atoms with Crippen LogP contribution in [0.15, 0.2) is 97.3 Å². The lowest BCUT2D eigenvalue weighted by molar-refractivity contribution is 0.262. The maximum absolute atomic E-state index is 12.3. The standard InChI is InChI=1S/C29H24ClN5O3/c1-37-26-15-24-25(16-27(26)38-17-19-6-3-2-4-7-19)31-18-32-28(24)33-21-10-12-22(13-11-21)34-29(36)35-23-9-5-8-20(30)14-23/h2-16,18H,17H2,1H3,(H,31,32,33)(H2,34,35,36). The molecule has 0 saturated carbocycles. The van der Waals surface area contributed by atoms with Crippen molar-refractivity contribution in [2.45, 2.75) is 6.61 Å². The number of nitrogens with one attached hydrogen (secondary N) is 3. The number of fused-ring (bicyclic) bond motifs is 1. The second-order valence-electron chi connectivity index (χ2n) is 8.31. The number of amides is 2. The van der Waals surface area contributed by atoms with E-state index < -0.39 is 0 Å². The molecule has 1 heterocycles. The summed E-state index contributed by atoms with van der Waals surface area (Å²) in [5.74, 6) is 1.79. The summed E-state index contributed by atoms with van der Waals surface area (Å²) in [5, 5.41) is 10.2. The largest absolute Gasteiger partial charge is 0.493 e. The molecule has 0 bridgehead atoms. The fraction of sp³-hybridized carbons (Fsp3) is 0.0690. The number of methoxy groups -OCH3 is 1. The van der Waals surface area contributed by atoms with Crippen LogP contribution in [0.2, 0.25) is 5.02 Å². The minimum atomic E-state index is -0.368. The van der Waals surface area contributed by atoms with Gasteiger partial charge in [0.2, 0.25) is 0 Å². The molecule has 5 rings (SSSR count). The van der Waals surface area contributed by atoms with Crippen molar-refractivity contribution in [3.63, 3.8) is 0 Å². The zero-order valence-electron chi connectivity index (χ0n) is 20.4. The van der Waals surface area contributed by atoms with Gasteiger partial charge < -0.3 is 25.4 Å². The number of nitrogens with zero attached hydrogens (tertiary/aromatic N) is 2. The average Bonchev–Trinajstić information content (AvgIpc) is 2.93. The monoisotopic (exact) mass is 525 g/mol. The summed E-state index contributed by atoms with van der Waals surface area (Å²) in [6, 6.07) is 27.5. The van der Waals surface area contributed by atoms with Crippen molar-refractivity contribution < 1.29 is 14.3 Å². The first-order valence-electron chi connectivity index (χ1n) is 11.8. The Kier molecular flexibility index (Phi) is 7.52. The SMILES string of the molecule is COc1cc2c(Nc3ccc(NC(=O)Nc4cccc(Cl)c4)cc3)ncnc2cc1OCc1ccccc1. The zero-order chi connectivity index (χ0) is 26.3. The molecule has 2 amide bonds. The minimum Gasteiger partial charge on any atom is -0.493 e. The fourth-order valence-corrected chi connectivity index (χ4v) is 3.99. The molecule has 5 aromatic rings. The molecule has 8 nitrogen and oxygen atoms in total. The topological polar surface area (TPSA) is 97.4 Å². The molecular formula is C29H24ClN5O3. The number of carbonyl (C=O) groups is 1. The Labute approximate surface area is 224 Å². The quantitative estimate of drug-likeness (QED) is 0.197. The predicted octanol–water partition coefficient (Wildman–Crippen LogP) is 7.26. The van der Waals surface area contributed by atoms with Crippen molar-refractivity contribution in [2.24, 2.45) is 0 Å². The van der Waals surface area contributed by atoms with E-state index in [-0.39, 0.29) is 6.03 Å². The van der Waals surface area contributed by atoms with Gasteiger partial charge in [0, 0.05) is 33.5 Å². The molecule has 0 fully saturated rings. The Bertz CT molecular complexity index is 1560. The van der Waals surface area contributed by atoms with Gasteiger partial charge in [0.15, 0.2) is 11.5 Å². The lowest BCUT2D eigenvalue weighted by Crippen LogP contribution is -2.19. The van der Waals surface area contributed by atoms with Gasteiger partial charge in [-0.05, 0) is 54.1 Å². The number of halogens is 1. The number of ether oxygens (including phenoxy) is 2.